The summed E-state index contributed by atoms with van der Waals surface area (Å²) < 4.78 is 5.68. The lowest BCUT2D eigenvalue weighted by Gasteiger charge is -2.30. The van der Waals surface area contributed by atoms with Gasteiger partial charge in [0, 0.05) is 30.9 Å². The van der Waals surface area contributed by atoms with Gasteiger partial charge in [0.25, 0.3) is 0 Å². The molecule has 0 bridgehead atoms. The first kappa shape index (κ1) is 14.5. The summed E-state index contributed by atoms with van der Waals surface area (Å²) in [5.74, 6) is 0. The fourth-order valence-corrected chi connectivity index (χ4v) is 2.56. The van der Waals surface area contributed by atoms with Crippen molar-refractivity contribution in [2.24, 2.45) is 5.73 Å². The van der Waals surface area contributed by atoms with Crippen molar-refractivity contribution in [2.45, 2.75) is 6.10 Å². The molecule has 1 unspecified atom stereocenters. The van der Waals surface area contributed by atoms with Crippen LogP contribution in [0.25, 0.3) is 0 Å². The second-order valence-electron chi connectivity index (χ2n) is 4.69. The van der Waals surface area contributed by atoms with Crippen molar-refractivity contribution in [3.63, 3.8) is 0 Å². The largest absolute Gasteiger partial charge is 0.389 e. The molecule has 1 fully saturated rings. The predicted molar refractivity (Wildman–Crippen MR) is 83.1 cm³/mol. The topological polar surface area (TPSA) is 50.5 Å². The van der Waals surface area contributed by atoms with Gasteiger partial charge in [-0.2, -0.15) is 0 Å². The number of nitrogens with two attached hydrogens (primary N) is 1. The highest BCUT2D eigenvalue weighted by Gasteiger charge is 2.17. The van der Waals surface area contributed by atoms with Crippen molar-refractivity contribution >= 4 is 34.5 Å². The van der Waals surface area contributed by atoms with E-state index in [-0.39, 0.29) is 6.10 Å². The lowest BCUT2D eigenvalue weighted by atomic mass is 10.2. The number of nitrogens with one attached hydrogen (secondary N) is 1. The van der Waals surface area contributed by atoms with Crippen LogP contribution >= 0.6 is 23.8 Å². The molecule has 1 atom stereocenters. The van der Waals surface area contributed by atoms with Gasteiger partial charge < -0.3 is 20.7 Å². The molecule has 0 saturated carbocycles. The van der Waals surface area contributed by atoms with Crippen molar-refractivity contribution in [1.29, 1.82) is 0 Å². The van der Waals surface area contributed by atoms with Gasteiger partial charge in [0.05, 0.1) is 17.7 Å². The van der Waals surface area contributed by atoms with Crippen LogP contribution in [-0.4, -0.2) is 49.3 Å². The number of nitrogens with zero attached hydrogens (tertiary/aromatic N) is 1. The Kier molecular flexibility index (Phi) is 4.99. The highest BCUT2D eigenvalue weighted by Crippen LogP contribution is 2.21. The Morgan fingerprint density at radius 1 is 1.63 bits per heavy atom. The van der Waals surface area contributed by atoms with Gasteiger partial charge in [-0.1, -0.05) is 23.8 Å². The number of hydrogen-bond donors (Lipinski definition) is 2. The molecule has 19 heavy (non-hydrogen) atoms. The Morgan fingerprint density at radius 3 is 3.05 bits per heavy atom. The van der Waals surface area contributed by atoms with E-state index in [0.717, 1.165) is 31.9 Å². The number of benzene rings is 1. The Bertz CT molecular complexity index is 469. The molecule has 2 rings (SSSR count). The van der Waals surface area contributed by atoms with Crippen LogP contribution in [0.1, 0.15) is 5.56 Å². The van der Waals surface area contributed by atoms with Gasteiger partial charge in [-0.15, -0.1) is 0 Å². The highest BCUT2D eigenvalue weighted by molar-refractivity contribution is 7.80. The van der Waals surface area contributed by atoms with Crippen molar-refractivity contribution < 1.29 is 4.74 Å². The first-order valence-corrected chi connectivity index (χ1v) is 6.98. The van der Waals surface area contributed by atoms with Crippen molar-refractivity contribution in [2.75, 3.05) is 38.6 Å². The highest BCUT2D eigenvalue weighted by atomic mass is 35.5. The van der Waals surface area contributed by atoms with Crippen molar-refractivity contribution in [3.8, 4) is 0 Å². The van der Waals surface area contributed by atoms with Crippen LogP contribution in [0, 0.1) is 0 Å². The zero-order chi connectivity index (χ0) is 13.8. The van der Waals surface area contributed by atoms with E-state index in [1.165, 1.54) is 0 Å². The zero-order valence-electron chi connectivity index (χ0n) is 10.9. The molecule has 3 N–H and O–H groups in total. The first-order valence-electron chi connectivity index (χ1n) is 6.19. The molecular weight excluding hydrogens is 282 g/mol. The summed E-state index contributed by atoms with van der Waals surface area (Å²) in [6, 6.07) is 5.59. The quantitative estimate of drug-likeness (QED) is 0.829. The van der Waals surface area contributed by atoms with E-state index in [2.05, 4.69) is 17.3 Å². The second-order valence-corrected chi connectivity index (χ2v) is 5.54. The summed E-state index contributed by atoms with van der Waals surface area (Å²) in [6.07, 6.45) is 0.202. The van der Waals surface area contributed by atoms with Crippen LogP contribution in [-0.2, 0) is 4.74 Å². The molecule has 0 radical (unpaired) electrons. The van der Waals surface area contributed by atoms with Crippen LogP contribution in [0.2, 0.25) is 5.02 Å². The normalized spacial score (nSPS) is 20.2. The maximum Gasteiger partial charge on any atom is 0.105 e. The molecule has 0 spiro atoms. The molecule has 1 saturated heterocycles. The van der Waals surface area contributed by atoms with Gasteiger partial charge >= 0.3 is 0 Å². The minimum absolute atomic E-state index is 0.202. The number of halogens is 1. The number of rotatable bonds is 4. The van der Waals surface area contributed by atoms with E-state index < -0.39 is 0 Å². The summed E-state index contributed by atoms with van der Waals surface area (Å²) in [6.45, 7) is 3.47. The van der Waals surface area contributed by atoms with E-state index in [1.807, 2.05) is 18.2 Å². The number of likely N-dealkylation sites (N-methyl/N-ethyl adjacent to an activating group) is 1. The smallest absolute Gasteiger partial charge is 0.105 e. The third kappa shape index (κ3) is 4.04. The Morgan fingerprint density at radius 2 is 2.42 bits per heavy atom. The summed E-state index contributed by atoms with van der Waals surface area (Å²) in [5.41, 5.74) is 7.22. The standard InChI is InChI=1S/C13H18ClN3OS/c1-17-4-5-18-10(8-17)7-16-9-2-3-11(13(15)19)12(14)6-9/h2-3,6,10,16H,4-5,7-8H2,1H3,(H2,15,19). The summed E-state index contributed by atoms with van der Waals surface area (Å²) in [5, 5.41) is 3.89. The average molecular weight is 300 g/mol. The summed E-state index contributed by atoms with van der Waals surface area (Å²) in [4.78, 5) is 2.58. The predicted octanol–water partition coefficient (Wildman–Crippen LogP) is 1.72. The molecule has 1 aromatic rings. The second kappa shape index (κ2) is 6.52. The maximum atomic E-state index is 6.12. The van der Waals surface area contributed by atoms with Gasteiger partial charge in [-0.3, -0.25) is 0 Å². The molecule has 104 valence electrons. The number of ether oxygens (including phenoxy) is 1. The molecule has 1 aromatic carbocycles. The summed E-state index contributed by atoms with van der Waals surface area (Å²) >= 11 is 11.0. The third-order valence-electron chi connectivity index (χ3n) is 3.11. The van der Waals surface area contributed by atoms with E-state index in [1.54, 1.807) is 0 Å². The average Bonchev–Trinajstić information content (AvgIpc) is 2.36. The van der Waals surface area contributed by atoms with Crippen LogP contribution in [0.15, 0.2) is 18.2 Å². The minimum Gasteiger partial charge on any atom is -0.389 e. The summed E-state index contributed by atoms with van der Waals surface area (Å²) in [7, 11) is 2.10. The zero-order valence-corrected chi connectivity index (χ0v) is 12.4. The van der Waals surface area contributed by atoms with E-state index in [9.17, 15) is 0 Å². The third-order valence-corrected chi connectivity index (χ3v) is 3.64. The van der Waals surface area contributed by atoms with Gasteiger partial charge in [-0.25, -0.2) is 0 Å². The number of morpholine rings is 1. The molecule has 0 aromatic heterocycles. The van der Waals surface area contributed by atoms with Gasteiger partial charge in [0.2, 0.25) is 0 Å². The lowest BCUT2D eigenvalue weighted by molar-refractivity contribution is -0.0117. The van der Waals surface area contributed by atoms with Gasteiger partial charge in [0.1, 0.15) is 4.99 Å². The van der Waals surface area contributed by atoms with Crippen LogP contribution in [0.5, 0.6) is 0 Å². The molecule has 1 aliphatic heterocycles. The SMILES string of the molecule is CN1CCOC(CNc2ccc(C(N)=S)c(Cl)c2)C1. The molecule has 0 amide bonds. The molecule has 1 aliphatic rings. The molecule has 1 heterocycles. The Labute approximate surface area is 123 Å². The van der Waals surface area contributed by atoms with Crippen LogP contribution < -0.4 is 11.1 Å². The monoisotopic (exact) mass is 299 g/mol. The van der Waals surface area contributed by atoms with Crippen LogP contribution in [0.3, 0.4) is 0 Å². The molecule has 0 aliphatic carbocycles. The van der Waals surface area contributed by atoms with Gasteiger partial charge in [-0.05, 0) is 25.2 Å². The fraction of sp³-hybridized carbons (Fsp3) is 0.462. The number of hydrogen-bond acceptors (Lipinski definition) is 4. The Balaban J connectivity index is 1.92. The molecule has 4 nitrogen and oxygen atoms in total. The van der Waals surface area contributed by atoms with E-state index in [0.29, 0.717) is 15.6 Å². The van der Waals surface area contributed by atoms with Crippen molar-refractivity contribution in [3.05, 3.63) is 28.8 Å². The number of thiocarbonyl (C=S) groups is 1. The lowest BCUT2D eigenvalue weighted by Crippen LogP contribution is -2.43. The molecule has 6 heteroatoms. The number of anilines is 1. The van der Waals surface area contributed by atoms with Gasteiger partial charge in [0.15, 0.2) is 0 Å². The van der Waals surface area contributed by atoms with E-state index in [4.69, 9.17) is 34.3 Å². The minimum atomic E-state index is 0.202. The van der Waals surface area contributed by atoms with Crippen LogP contribution in [0.4, 0.5) is 5.69 Å². The Hall–Kier alpha value is -0.880. The maximum absolute atomic E-state index is 6.12. The van der Waals surface area contributed by atoms with Crippen molar-refractivity contribution in [1.82, 2.24) is 4.90 Å². The fourth-order valence-electron chi connectivity index (χ4n) is 2.05. The van der Waals surface area contributed by atoms with E-state index >= 15 is 0 Å². The molecular formula is C13H18ClN3OS. The first-order chi connectivity index (χ1) is 9.06.